The largest absolute Gasteiger partial charge is 0.293 e. The Labute approximate surface area is 145 Å². The van der Waals surface area contributed by atoms with E-state index in [2.05, 4.69) is 46.4 Å². The van der Waals surface area contributed by atoms with E-state index in [4.69, 9.17) is 0 Å². The standard InChI is InChI=1S/C22H24N2/c1-3-11-21(12-4-1)15-9-19-23-17-7-8-18-24-20-10-16-22-13-5-2-6-14-22/h1-6,9-16,19-20H,7-8,17-18H2. The van der Waals surface area contributed by atoms with Crippen LogP contribution in [0.4, 0.5) is 0 Å². The predicted molar refractivity (Wildman–Crippen MR) is 107 cm³/mol. The van der Waals surface area contributed by atoms with Crippen molar-refractivity contribution in [3.05, 3.63) is 83.9 Å². The van der Waals surface area contributed by atoms with Crippen LogP contribution in [0.25, 0.3) is 12.2 Å². The second-order valence-corrected chi connectivity index (χ2v) is 5.36. The fourth-order valence-electron chi connectivity index (χ4n) is 2.11. The van der Waals surface area contributed by atoms with Crippen molar-refractivity contribution in [2.45, 2.75) is 12.8 Å². The molecule has 0 aliphatic carbocycles. The van der Waals surface area contributed by atoms with Gasteiger partial charge in [-0.25, -0.2) is 0 Å². The Morgan fingerprint density at radius 2 is 1.00 bits per heavy atom. The molecular weight excluding hydrogens is 292 g/mol. The first kappa shape index (κ1) is 17.6. The van der Waals surface area contributed by atoms with Crippen molar-refractivity contribution in [2.75, 3.05) is 13.1 Å². The molecule has 0 N–H and O–H groups in total. The molecule has 0 saturated carbocycles. The van der Waals surface area contributed by atoms with Gasteiger partial charge in [0.2, 0.25) is 0 Å². The summed E-state index contributed by atoms with van der Waals surface area (Å²) in [5.41, 5.74) is 2.39. The summed E-state index contributed by atoms with van der Waals surface area (Å²) in [4.78, 5) is 8.76. The van der Waals surface area contributed by atoms with Gasteiger partial charge in [-0.2, -0.15) is 0 Å². The van der Waals surface area contributed by atoms with Crippen molar-refractivity contribution >= 4 is 24.6 Å². The van der Waals surface area contributed by atoms with Crippen LogP contribution in [0.15, 0.2) is 82.8 Å². The van der Waals surface area contributed by atoms with Crippen molar-refractivity contribution < 1.29 is 0 Å². The van der Waals surface area contributed by atoms with E-state index in [1.54, 1.807) is 0 Å². The Morgan fingerprint density at radius 3 is 1.42 bits per heavy atom. The third-order valence-corrected chi connectivity index (χ3v) is 3.38. The molecule has 2 aromatic rings. The lowest BCUT2D eigenvalue weighted by atomic mass is 10.2. The molecule has 0 radical (unpaired) electrons. The second kappa shape index (κ2) is 11.8. The zero-order valence-electron chi connectivity index (χ0n) is 14.0. The molecule has 2 rings (SSSR count). The van der Waals surface area contributed by atoms with Crippen molar-refractivity contribution in [3.8, 4) is 0 Å². The highest BCUT2D eigenvalue weighted by Gasteiger charge is 1.84. The number of rotatable bonds is 9. The molecule has 122 valence electrons. The summed E-state index contributed by atoms with van der Waals surface area (Å²) in [7, 11) is 0. The molecule has 2 aromatic carbocycles. The van der Waals surface area contributed by atoms with Crippen LogP contribution in [-0.2, 0) is 0 Å². The van der Waals surface area contributed by atoms with Crippen molar-refractivity contribution in [1.82, 2.24) is 0 Å². The summed E-state index contributed by atoms with van der Waals surface area (Å²) < 4.78 is 0. The van der Waals surface area contributed by atoms with Gasteiger partial charge in [-0.05, 0) is 36.1 Å². The van der Waals surface area contributed by atoms with Gasteiger partial charge in [-0.3, -0.25) is 9.98 Å². The lowest BCUT2D eigenvalue weighted by Crippen LogP contribution is -1.86. The number of nitrogens with zero attached hydrogens (tertiary/aromatic N) is 2. The van der Waals surface area contributed by atoms with Crippen LogP contribution in [0, 0.1) is 0 Å². The van der Waals surface area contributed by atoms with Crippen molar-refractivity contribution in [2.24, 2.45) is 9.98 Å². The van der Waals surface area contributed by atoms with Crippen LogP contribution in [0.3, 0.4) is 0 Å². The fraction of sp³-hybridized carbons (Fsp3) is 0.182. The van der Waals surface area contributed by atoms with E-state index in [-0.39, 0.29) is 0 Å². The van der Waals surface area contributed by atoms with Crippen LogP contribution < -0.4 is 0 Å². The third kappa shape index (κ3) is 8.04. The summed E-state index contributed by atoms with van der Waals surface area (Å²) in [5, 5.41) is 0. The Balaban J connectivity index is 1.52. The highest BCUT2D eigenvalue weighted by molar-refractivity contribution is 5.78. The van der Waals surface area contributed by atoms with E-state index < -0.39 is 0 Å². The molecule has 0 aliphatic rings. The molecule has 0 heterocycles. The molecule has 0 fully saturated rings. The van der Waals surface area contributed by atoms with E-state index in [9.17, 15) is 0 Å². The quantitative estimate of drug-likeness (QED) is 0.441. The normalized spacial score (nSPS) is 12.2. The molecule has 0 unspecified atom stereocenters. The summed E-state index contributed by atoms with van der Waals surface area (Å²) in [5.74, 6) is 0. The van der Waals surface area contributed by atoms with Gasteiger partial charge in [-0.15, -0.1) is 0 Å². The van der Waals surface area contributed by atoms with E-state index in [1.807, 2.05) is 61.0 Å². The molecule has 0 saturated heterocycles. The monoisotopic (exact) mass is 316 g/mol. The van der Waals surface area contributed by atoms with Gasteiger partial charge >= 0.3 is 0 Å². The van der Waals surface area contributed by atoms with E-state index in [0.29, 0.717) is 0 Å². The highest BCUT2D eigenvalue weighted by atomic mass is 14.7. The number of hydrogen-bond donors (Lipinski definition) is 0. The average molecular weight is 316 g/mol. The summed E-state index contributed by atoms with van der Waals surface area (Å²) in [6, 6.07) is 20.5. The number of unbranched alkanes of at least 4 members (excludes halogenated alkanes) is 1. The minimum atomic E-state index is 0.856. The lowest BCUT2D eigenvalue weighted by molar-refractivity contribution is 0.760. The third-order valence-electron chi connectivity index (χ3n) is 3.38. The summed E-state index contributed by atoms with van der Waals surface area (Å²) in [6.07, 6.45) is 14.0. The van der Waals surface area contributed by atoms with Crippen molar-refractivity contribution in [1.29, 1.82) is 0 Å². The van der Waals surface area contributed by atoms with Gasteiger partial charge in [0.1, 0.15) is 0 Å². The summed E-state index contributed by atoms with van der Waals surface area (Å²) in [6.45, 7) is 1.71. The molecule has 0 spiro atoms. The Bertz CT molecular complexity index is 606. The highest BCUT2D eigenvalue weighted by Crippen LogP contribution is 2.00. The van der Waals surface area contributed by atoms with Crippen molar-refractivity contribution in [3.63, 3.8) is 0 Å². The molecule has 2 heteroatoms. The maximum Gasteiger partial charge on any atom is 0.0389 e. The molecule has 0 aromatic heterocycles. The molecule has 2 nitrogen and oxygen atoms in total. The first-order chi connectivity index (χ1) is 11.9. The molecule has 0 bridgehead atoms. The zero-order chi connectivity index (χ0) is 16.7. The minimum Gasteiger partial charge on any atom is -0.293 e. The number of aliphatic imine (C=N–C) groups is 2. The smallest absolute Gasteiger partial charge is 0.0389 e. The van der Waals surface area contributed by atoms with E-state index in [0.717, 1.165) is 25.9 Å². The lowest BCUT2D eigenvalue weighted by Gasteiger charge is -1.93. The van der Waals surface area contributed by atoms with Gasteiger partial charge in [0.15, 0.2) is 0 Å². The van der Waals surface area contributed by atoms with Gasteiger partial charge < -0.3 is 0 Å². The van der Waals surface area contributed by atoms with E-state index in [1.165, 1.54) is 11.1 Å². The zero-order valence-corrected chi connectivity index (χ0v) is 14.0. The van der Waals surface area contributed by atoms with Crippen LogP contribution in [0.2, 0.25) is 0 Å². The van der Waals surface area contributed by atoms with Crippen LogP contribution in [0.1, 0.15) is 24.0 Å². The molecule has 0 atom stereocenters. The SMILES string of the molecule is C(=Cc1ccccc1)C=NCCCCN=CC=Cc1ccccc1. The first-order valence-electron chi connectivity index (χ1n) is 8.38. The molecule has 0 amide bonds. The average Bonchev–Trinajstić information content (AvgIpc) is 2.64. The Morgan fingerprint density at radius 1 is 0.583 bits per heavy atom. The van der Waals surface area contributed by atoms with Gasteiger partial charge in [0.25, 0.3) is 0 Å². The van der Waals surface area contributed by atoms with Gasteiger partial charge in [-0.1, -0.05) is 72.8 Å². The fourth-order valence-corrected chi connectivity index (χ4v) is 2.11. The van der Waals surface area contributed by atoms with Gasteiger partial charge in [0, 0.05) is 25.5 Å². The second-order valence-electron chi connectivity index (χ2n) is 5.36. The number of benzene rings is 2. The first-order valence-corrected chi connectivity index (χ1v) is 8.38. The minimum absolute atomic E-state index is 0.856. The van der Waals surface area contributed by atoms with Gasteiger partial charge in [0.05, 0.1) is 0 Å². The maximum absolute atomic E-state index is 4.38. The predicted octanol–water partition coefficient (Wildman–Crippen LogP) is 5.34. The van der Waals surface area contributed by atoms with Crippen LogP contribution in [-0.4, -0.2) is 25.5 Å². The topological polar surface area (TPSA) is 24.7 Å². The molecule has 24 heavy (non-hydrogen) atoms. The Kier molecular flexibility index (Phi) is 8.64. The van der Waals surface area contributed by atoms with Crippen LogP contribution in [0.5, 0.6) is 0 Å². The number of hydrogen-bond acceptors (Lipinski definition) is 2. The molecular formula is C22H24N2. The molecule has 0 aliphatic heterocycles. The summed E-state index contributed by atoms with van der Waals surface area (Å²) >= 11 is 0. The van der Waals surface area contributed by atoms with Crippen LogP contribution >= 0.6 is 0 Å². The maximum atomic E-state index is 4.38. The van der Waals surface area contributed by atoms with E-state index >= 15 is 0 Å². The Hall–Kier alpha value is -2.74. The number of allylic oxidation sites excluding steroid dienone is 2.